The molecule has 0 spiro atoms. The van der Waals surface area contributed by atoms with Gasteiger partial charge in [-0.15, -0.1) is 0 Å². The van der Waals surface area contributed by atoms with E-state index in [0.717, 1.165) is 22.3 Å². The van der Waals surface area contributed by atoms with Gasteiger partial charge in [0.25, 0.3) is 5.56 Å². The molecule has 3 heterocycles. The fourth-order valence-corrected chi connectivity index (χ4v) is 4.04. The predicted molar refractivity (Wildman–Crippen MR) is 123 cm³/mol. The number of carbonyl (C=O) groups is 1. The van der Waals surface area contributed by atoms with E-state index in [4.69, 9.17) is 0 Å². The molecule has 164 valence electrons. The standard InChI is InChI=1S/C24H24N4O4/c1-4-18-21(26-23(30)20(22(18)29)24(31)32)14-7-8-19-15(10-14)11-17(28(19)3)13-27(2)16-6-5-9-25-12-16/h5-12H,4,13H2,1-3H3,(H,31,32)(H2,26,29,30). The van der Waals surface area contributed by atoms with E-state index in [9.17, 15) is 19.8 Å². The molecule has 0 aliphatic rings. The number of H-pyrrole nitrogens is 1. The van der Waals surface area contributed by atoms with Crippen LogP contribution < -0.4 is 10.5 Å². The maximum Gasteiger partial charge on any atom is 0.345 e. The highest BCUT2D eigenvalue weighted by atomic mass is 16.4. The van der Waals surface area contributed by atoms with E-state index in [1.807, 2.05) is 50.6 Å². The number of anilines is 1. The molecule has 0 bridgehead atoms. The van der Waals surface area contributed by atoms with Crippen LogP contribution in [0.25, 0.3) is 22.2 Å². The lowest BCUT2D eigenvalue weighted by Crippen LogP contribution is -2.20. The average molecular weight is 432 g/mol. The number of hydrogen-bond acceptors (Lipinski definition) is 5. The first-order chi connectivity index (χ1) is 15.3. The SMILES string of the molecule is CCc1c(-c2ccc3c(c2)cc(CN(C)c2cccnc2)n3C)[nH]c(=O)c(C(=O)O)c1O. The number of pyridine rings is 2. The smallest absolute Gasteiger partial charge is 0.345 e. The molecule has 8 heteroatoms. The van der Waals surface area contributed by atoms with Crippen LogP contribution in [0.2, 0.25) is 0 Å². The van der Waals surface area contributed by atoms with Crippen LogP contribution in [0.4, 0.5) is 5.69 Å². The van der Waals surface area contributed by atoms with Crippen molar-refractivity contribution in [2.45, 2.75) is 19.9 Å². The van der Waals surface area contributed by atoms with Crippen molar-refractivity contribution in [2.24, 2.45) is 7.05 Å². The minimum atomic E-state index is -1.45. The molecular formula is C24H24N4O4. The van der Waals surface area contributed by atoms with Crippen LogP contribution in [-0.4, -0.2) is 37.8 Å². The Morgan fingerprint density at radius 2 is 2.03 bits per heavy atom. The molecular weight excluding hydrogens is 408 g/mol. The third-order valence-electron chi connectivity index (χ3n) is 5.77. The van der Waals surface area contributed by atoms with Crippen LogP contribution in [-0.2, 0) is 20.0 Å². The Bertz CT molecular complexity index is 1370. The van der Waals surface area contributed by atoms with Crippen LogP contribution in [0.1, 0.15) is 28.5 Å². The highest BCUT2D eigenvalue weighted by Gasteiger charge is 2.22. The monoisotopic (exact) mass is 432 g/mol. The molecule has 0 aliphatic heterocycles. The number of nitrogens with one attached hydrogen (secondary N) is 1. The first kappa shape index (κ1) is 21.2. The molecule has 32 heavy (non-hydrogen) atoms. The molecule has 0 unspecified atom stereocenters. The summed E-state index contributed by atoms with van der Waals surface area (Å²) in [6, 6.07) is 11.7. The number of aromatic nitrogens is 3. The van der Waals surface area contributed by atoms with Crippen molar-refractivity contribution in [1.29, 1.82) is 0 Å². The fraction of sp³-hybridized carbons (Fsp3) is 0.208. The number of carboxylic acid groups (broad SMARTS) is 1. The summed E-state index contributed by atoms with van der Waals surface area (Å²) in [6.45, 7) is 2.48. The number of rotatable bonds is 6. The predicted octanol–water partition coefficient (Wildman–Crippen LogP) is 3.53. The quantitative estimate of drug-likeness (QED) is 0.430. The molecule has 0 atom stereocenters. The van der Waals surface area contributed by atoms with E-state index in [2.05, 4.69) is 25.5 Å². The van der Waals surface area contributed by atoms with E-state index < -0.39 is 22.8 Å². The molecule has 0 radical (unpaired) electrons. The molecule has 4 aromatic rings. The Kier molecular flexibility index (Phi) is 5.44. The summed E-state index contributed by atoms with van der Waals surface area (Å²) in [5.74, 6) is -1.93. The molecule has 0 aliphatic carbocycles. The van der Waals surface area contributed by atoms with Crippen molar-refractivity contribution < 1.29 is 15.0 Å². The number of fused-ring (bicyclic) bond motifs is 1. The minimum Gasteiger partial charge on any atom is -0.506 e. The van der Waals surface area contributed by atoms with Gasteiger partial charge >= 0.3 is 5.97 Å². The lowest BCUT2D eigenvalue weighted by molar-refractivity contribution is 0.0691. The molecule has 0 saturated carbocycles. The Morgan fingerprint density at radius 1 is 1.25 bits per heavy atom. The molecule has 0 saturated heterocycles. The van der Waals surface area contributed by atoms with E-state index >= 15 is 0 Å². The van der Waals surface area contributed by atoms with Gasteiger partial charge in [-0.25, -0.2) is 4.79 Å². The second-order valence-corrected chi connectivity index (χ2v) is 7.73. The van der Waals surface area contributed by atoms with E-state index in [0.29, 0.717) is 29.8 Å². The van der Waals surface area contributed by atoms with Crippen molar-refractivity contribution in [3.8, 4) is 17.0 Å². The molecule has 0 amide bonds. The number of aromatic hydroxyl groups is 1. The fourth-order valence-electron chi connectivity index (χ4n) is 4.04. The highest BCUT2D eigenvalue weighted by Crippen LogP contribution is 2.32. The molecule has 4 rings (SSSR count). The number of aryl methyl sites for hydroxylation is 1. The Balaban J connectivity index is 1.77. The van der Waals surface area contributed by atoms with Gasteiger partial charge in [0, 0.05) is 42.5 Å². The third-order valence-corrected chi connectivity index (χ3v) is 5.77. The normalized spacial score (nSPS) is 11.1. The van der Waals surface area contributed by atoms with Crippen molar-refractivity contribution in [3.63, 3.8) is 0 Å². The van der Waals surface area contributed by atoms with Gasteiger partial charge < -0.3 is 24.7 Å². The second-order valence-electron chi connectivity index (χ2n) is 7.73. The average Bonchev–Trinajstić information content (AvgIpc) is 3.08. The number of carboxylic acids is 1. The van der Waals surface area contributed by atoms with Gasteiger partial charge in [-0.3, -0.25) is 9.78 Å². The zero-order valence-corrected chi connectivity index (χ0v) is 18.1. The van der Waals surface area contributed by atoms with Gasteiger partial charge in [-0.2, -0.15) is 0 Å². The lowest BCUT2D eigenvalue weighted by atomic mass is 9.99. The summed E-state index contributed by atoms with van der Waals surface area (Å²) in [7, 11) is 4.01. The maximum absolute atomic E-state index is 12.3. The van der Waals surface area contributed by atoms with Crippen LogP contribution in [0.15, 0.2) is 53.6 Å². The second kappa shape index (κ2) is 8.22. The van der Waals surface area contributed by atoms with Crippen molar-refractivity contribution in [2.75, 3.05) is 11.9 Å². The minimum absolute atomic E-state index is 0.367. The molecule has 8 nitrogen and oxygen atoms in total. The zero-order chi connectivity index (χ0) is 23.0. The van der Waals surface area contributed by atoms with Crippen molar-refractivity contribution in [1.82, 2.24) is 14.5 Å². The summed E-state index contributed by atoms with van der Waals surface area (Å²) in [6.07, 6.45) is 3.92. The topological polar surface area (TPSA) is 111 Å². The number of aromatic carboxylic acids is 1. The van der Waals surface area contributed by atoms with Crippen LogP contribution in [0.3, 0.4) is 0 Å². The summed E-state index contributed by atoms with van der Waals surface area (Å²) in [5, 5.41) is 20.7. The Hall–Kier alpha value is -4.07. The Labute approximate surface area is 184 Å². The zero-order valence-electron chi connectivity index (χ0n) is 18.1. The number of hydrogen-bond donors (Lipinski definition) is 3. The summed E-state index contributed by atoms with van der Waals surface area (Å²) >= 11 is 0. The van der Waals surface area contributed by atoms with Crippen molar-refractivity contribution >= 4 is 22.6 Å². The van der Waals surface area contributed by atoms with E-state index in [1.165, 1.54) is 0 Å². The summed E-state index contributed by atoms with van der Waals surface area (Å²) < 4.78 is 2.11. The van der Waals surface area contributed by atoms with Crippen LogP contribution in [0, 0.1) is 0 Å². The van der Waals surface area contributed by atoms with E-state index in [1.54, 1.807) is 13.1 Å². The summed E-state index contributed by atoms with van der Waals surface area (Å²) in [5.41, 5.74) is 3.20. The number of aromatic amines is 1. The van der Waals surface area contributed by atoms with E-state index in [-0.39, 0.29) is 0 Å². The lowest BCUT2D eigenvalue weighted by Gasteiger charge is -2.19. The van der Waals surface area contributed by atoms with Gasteiger partial charge in [-0.1, -0.05) is 13.0 Å². The third kappa shape index (κ3) is 3.60. The van der Waals surface area contributed by atoms with Gasteiger partial charge in [0.15, 0.2) is 5.56 Å². The van der Waals surface area contributed by atoms with Crippen LogP contribution in [0.5, 0.6) is 5.75 Å². The summed E-state index contributed by atoms with van der Waals surface area (Å²) in [4.78, 5) is 32.6. The molecule has 0 fully saturated rings. The van der Waals surface area contributed by atoms with Gasteiger partial charge in [0.2, 0.25) is 0 Å². The van der Waals surface area contributed by atoms with Gasteiger partial charge in [-0.05, 0) is 42.3 Å². The molecule has 3 aromatic heterocycles. The molecule has 1 aromatic carbocycles. The number of benzene rings is 1. The van der Waals surface area contributed by atoms with Gasteiger partial charge in [0.1, 0.15) is 5.75 Å². The van der Waals surface area contributed by atoms with Crippen molar-refractivity contribution in [3.05, 3.63) is 76.0 Å². The maximum atomic E-state index is 12.3. The Morgan fingerprint density at radius 3 is 2.69 bits per heavy atom. The first-order valence-electron chi connectivity index (χ1n) is 10.2. The first-order valence-corrected chi connectivity index (χ1v) is 10.2. The molecule has 3 N–H and O–H groups in total. The number of nitrogens with zero attached hydrogens (tertiary/aromatic N) is 3. The highest BCUT2D eigenvalue weighted by molar-refractivity contribution is 5.92. The van der Waals surface area contributed by atoms with Gasteiger partial charge in [0.05, 0.1) is 24.1 Å². The largest absolute Gasteiger partial charge is 0.506 e. The van der Waals surface area contributed by atoms with Crippen LogP contribution >= 0.6 is 0 Å².